The smallest absolute Gasteiger partial charge is 0.0692 e. The van der Waals surface area contributed by atoms with Crippen LogP contribution in [0.4, 0.5) is 0 Å². The lowest BCUT2D eigenvalue weighted by Crippen LogP contribution is -2.39. The van der Waals surface area contributed by atoms with Crippen LogP contribution in [0.25, 0.3) is 0 Å². The molecule has 2 heteroatoms. The van der Waals surface area contributed by atoms with Gasteiger partial charge in [-0.15, -0.1) is 0 Å². The van der Waals surface area contributed by atoms with E-state index in [2.05, 4.69) is 12.2 Å². The predicted molar refractivity (Wildman–Crippen MR) is 67.4 cm³/mol. The first-order valence-corrected chi connectivity index (χ1v) is 7.22. The van der Waals surface area contributed by atoms with Crippen molar-refractivity contribution in [3.63, 3.8) is 0 Å². The molecule has 0 saturated heterocycles. The fourth-order valence-corrected chi connectivity index (χ4v) is 3.09. The van der Waals surface area contributed by atoms with Gasteiger partial charge in [0.25, 0.3) is 0 Å². The molecular weight excluding hydrogens is 198 g/mol. The van der Waals surface area contributed by atoms with E-state index in [0.29, 0.717) is 12.0 Å². The molecule has 2 unspecified atom stereocenters. The van der Waals surface area contributed by atoms with Gasteiger partial charge in [0, 0.05) is 12.6 Å². The minimum absolute atomic E-state index is 0.0967. The number of aliphatic hydroxyl groups excluding tert-OH is 1. The lowest BCUT2D eigenvalue weighted by atomic mass is 10.00. The standard InChI is InChI=1S/C14H27NO/c1-2-5-13(11-8-9-11)15-10-14(16)12-6-3-4-7-12/h11-16H,2-10H2,1H3. The number of aliphatic hydroxyl groups is 1. The molecule has 94 valence electrons. The summed E-state index contributed by atoms with van der Waals surface area (Å²) in [6.45, 7) is 3.08. The van der Waals surface area contributed by atoms with Gasteiger partial charge in [0.2, 0.25) is 0 Å². The maximum atomic E-state index is 10.1. The minimum atomic E-state index is -0.0967. The van der Waals surface area contributed by atoms with Crippen LogP contribution in [0.1, 0.15) is 58.3 Å². The van der Waals surface area contributed by atoms with Crippen LogP contribution in [-0.2, 0) is 0 Å². The lowest BCUT2D eigenvalue weighted by molar-refractivity contribution is 0.104. The van der Waals surface area contributed by atoms with E-state index in [0.717, 1.165) is 12.5 Å². The van der Waals surface area contributed by atoms with Crippen LogP contribution >= 0.6 is 0 Å². The van der Waals surface area contributed by atoms with E-state index < -0.39 is 0 Å². The Morgan fingerprint density at radius 1 is 1.12 bits per heavy atom. The minimum Gasteiger partial charge on any atom is -0.392 e. The summed E-state index contributed by atoms with van der Waals surface area (Å²) in [7, 11) is 0. The van der Waals surface area contributed by atoms with E-state index >= 15 is 0 Å². The highest BCUT2D eigenvalue weighted by molar-refractivity contribution is 4.87. The first-order valence-electron chi connectivity index (χ1n) is 7.22. The molecule has 0 aromatic carbocycles. The molecule has 2 aliphatic carbocycles. The quantitative estimate of drug-likeness (QED) is 0.698. The third kappa shape index (κ3) is 3.46. The van der Waals surface area contributed by atoms with Gasteiger partial charge in [-0.25, -0.2) is 0 Å². The Hall–Kier alpha value is -0.0800. The molecule has 0 aromatic heterocycles. The Morgan fingerprint density at radius 2 is 1.81 bits per heavy atom. The summed E-state index contributed by atoms with van der Waals surface area (Å²) in [5.74, 6) is 1.49. The molecule has 0 spiro atoms. The average molecular weight is 225 g/mol. The van der Waals surface area contributed by atoms with Crippen molar-refractivity contribution in [2.45, 2.75) is 70.4 Å². The third-order valence-electron chi connectivity index (χ3n) is 4.32. The molecule has 2 saturated carbocycles. The first kappa shape index (κ1) is 12.4. The predicted octanol–water partition coefficient (Wildman–Crippen LogP) is 2.71. The van der Waals surface area contributed by atoms with Gasteiger partial charge in [-0.2, -0.15) is 0 Å². The third-order valence-corrected chi connectivity index (χ3v) is 4.32. The Bertz CT molecular complexity index is 197. The van der Waals surface area contributed by atoms with Crippen molar-refractivity contribution in [1.82, 2.24) is 5.32 Å². The normalized spacial score (nSPS) is 25.9. The van der Waals surface area contributed by atoms with E-state index in [9.17, 15) is 5.11 Å². The number of rotatable bonds is 7. The van der Waals surface area contributed by atoms with Crippen molar-refractivity contribution in [1.29, 1.82) is 0 Å². The number of nitrogens with one attached hydrogen (secondary N) is 1. The zero-order valence-electron chi connectivity index (χ0n) is 10.6. The van der Waals surface area contributed by atoms with Crippen molar-refractivity contribution in [2.24, 2.45) is 11.8 Å². The van der Waals surface area contributed by atoms with Gasteiger partial charge in [-0.3, -0.25) is 0 Å². The summed E-state index contributed by atoms with van der Waals surface area (Å²) < 4.78 is 0. The van der Waals surface area contributed by atoms with Crippen LogP contribution in [0.2, 0.25) is 0 Å². The summed E-state index contributed by atoms with van der Waals surface area (Å²) in [5.41, 5.74) is 0. The lowest BCUT2D eigenvalue weighted by Gasteiger charge is -2.23. The molecule has 0 aliphatic heterocycles. The van der Waals surface area contributed by atoms with Gasteiger partial charge in [0.15, 0.2) is 0 Å². The molecule has 0 heterocycles. The fraction of sp³-hybridized carbons (Fsp3) is 1.00. The van der Waals surface area contributed by atoms with E-state index in [1.807, 2.05) is 0 Å². The molecule has 2 N–H and O–H groups in total. The van der Waals surface area contributed by atoms with Crippen LogP contribution in [0.15, 0.2) is 0 Å². The van der Waals surface area contributed by atoms with Crippen LogP contribution in [0.3, 0.4) is 0 Å². The largest absolute Gasteiger partial charge is 0.392 e. The average Bonchev–Trinajstić information content (AvgIpc) is 2.98. The summed E-state index contributed by atoms with van der Waals surface area (Å²) in [6, 6.07) is 0.682. The second kappa shape index (κ2) is 6.02. The molecule has 2 rings (SSSR count). The summed E-state index contributed by atoms with van der Waals surface area (Å²) in [4.78, 5) is 0. The second-order valence-electron chi connectivity index (χ2n) is 5.75. The highest BCUT2D eigenvalue weighted by Crippen LogP contribution is 2.34. The van der Waals surface area contributed by atoms with Gasteiger partial charge in [-0.1, -0.05) is 26.2 Å². The fourth-order valence-electron chi connectivity index (χ4n) is 3.09. The van der Waals surface area contributed by atoms with E-state index in [4.69, 9.17) is 0 Å². The van der Waals surface area contributed by atoms with E-state index in [-0.39, 0.29) is 6.10 Å². The number of hydrogen-bond donors (Lipinski definition) is 2. The monoisotopic (exact) mass is 225 g/mol. The molecule has 2 fully saturated rings. The highest BCUT2D eigenvalue weighted by atomic mass is 16.3. The Labute approximate surface area is 99.8 Å². The van der Waals surface area contributed by atoms with Crippen molar-refractivity contribution < 1.29 is 5.11 Å². The van der Waals surface area contributed by atoms with Gasteiger partial charge in [-0.05, 0) is 43.9 Å². The molecule has 0 bridgehead atoms. The Balaban J connectivity index is 1.67. The summed E-state index contributed by atoms with van der Waals surface area (Å²) in [6.07, 6.45) is 10.4. The summed E-state index contributed by atoms with van der Waals surface area (Å²) in [5, 5.41) is 13.7. The molecule has 0 radical (unpaired) electrons. The van der Waals surface area contributed by atoms with Gasteiger partial charge < -0.3 is 10.4 Å². The molecule has 2 nitrogen and oxygen atoms in total. The van der Waals surface area contributed by atoms with Crippen molar-refractivity contribution in [3.8, 4) is 0 Å². The first-order chi connectivity index (χ1) is 7.81. The Kier molecular flexibility index (Phi) is 4.66. The molecule has 0 amide bonds. The van der Waals surface area contributed by atoms with E-state index in [1.54, 1.807) is 0 Å². The Morgan fingerprint density at radius 3 is 2.38 bits per heavy atom. The zero-order chi connectivity index (χ0) is 11.4. The SMILES string of the molecule is CCCC(NCC(O)C1CCCC1)C1CC1. The molecule has 2 aliphatic rings. The highest BCUT2D eigenvalue weighted by Gasteiger charge is 2.31. The molecule has 2 atom stereocenters. The number of hydrogen-bond acceptors (Lipinski definition) is 2. The van der Waals surface area contributed by atoms with Crippen molar-refractivity contribution in [3.05, 3.63) is 0 Å². The van der Waals surface area contributed by atoms with E-state index in [1.165, 1.54) is 51.4 Å². The second-order valence-corrected chi connectivity index (χ2v) is 5.75. The van der Waals surface area contributed by atoms with Crippen LogP contribution in [-0.4, -0.2) is 23.8 Å². The van der Waals surface area contributed by atoms with Crippen LogP contribution in [0, 0.1) is 11.8 Å². The van der Waals surface area contributed by atoms with Crippen molar-refractivity contribution in [2.75, 3.05) is 6.54 Å². The maximum Gasteiger partial charge on any atom is 0.0692 e. The summed E-state index contributed by atoms with van der Waals surface area (Å²) >= 11 is 0. The van der Waals surface area contributed by atoms with Crippen molar-refractivity contribution >= 4 is 0 Å². The van der Waals surface area contributed by atoms with Gasteiger partial charge in [0.1, 0.15) is 0 Å². The van der Waals surface area contributed by atoms with Crippen LogP contribution in [0.5, 0.6) is 0 Å². The zero-order valence-corrected chi connectivity index (χ0v) is 10.6. The van der Waals surface area contributed by atoms with Crippen LogP contribution < -0.4 is 5.32 Å². The van der Waals surface area contributed by atoms with Gasteiger partial charge in [0.05, 0.1) is 6.10 Å². The molecule has 0 aromatic rings. The maximum absolute atomic E-state index is 10.1. The topological polar surface area (TPSA) is 32.3 Å². The van der Waals surface area contributed by atoms with Gasteiger partial charge >= 0.3 is 0 Å². The molecular formula is C14H27NO. The molecule has 16 heavy (non-hydrogen) atoms.